The van der Waals surface area contributed by atoms with Gasteiger partial charge in [-0.1, -0.05) is 12.1 Å². The summed E-state index contributed by atoms with van der Waals surface area (Å²) in [4.78, 5) is 38.0. The van der Waals surface area contributed by atoms with E-state index < -0.39 is 24.5 Å². The first kappa shape index (κ1) is 23.0. The molecule has 1 aliphatic carbocycles. The minimum Gasteiger partial charge on any atom is -0.497 e. The maximum absolute atomic E-state index is 12.4. The van der Waals surface area contributed by atoms with Crippen LogP contribution in [0.4, 0.5) is 5.00 Å². The van der Waals surface area contributed by atoms with E-state index in [-0.39, 0.29) is 12.2 Å². The van der Waals surface area contributed by atoms with Gasteiger partial charge in [-0.2, -0.15) is 5.26 Å². The Morgan fingerprint density at radius 2 is 1.94 bits per heavy atom. The lowest BCUT2D eigenvalue weighted by atomic mass is 10.1. The number of aryl methyl sites for hydroxylation is 1. The molecule has 3 rings (SSSR count). The number of rotatable bonds is 8. The molecular weight excluding hydrogens is 432 g/mol. The Morgan fingerprint density at radius 1 is 1.19 bits per heavy atom. The zero-order valence-corrected chi connectivity index (χ0v) is 18.5. The van der Waals surface area contributed by atoms with Crippen LogP contribution in [0.15, 0.2) is 29.8 Å². The normalized spacial score (nSPS) is 12.5. The summed E-state index contributed by atoms with van der Waals surface area (Å²) < 4.78 is 15.2. The lowest BCUT2D eigenvalue weighted by molar-refractivity contribution is -0.142. The van der Waals surface area contributed by atoms with Crippen molar-refractivity contribution in [3.05, 3.63) is 51.4 Å². The van der Waals surface area contributed by atoms with Crippen molar-refractivity contribution in [2.75, 3.05) is 25.6 Å². The average Bonchev–Trinajstić information content (AvgIpc) is 3.37. The number of thiophene rings is 1. The van der Waals surface area contributed by atoms with Crippen LogP contribution in [0.1, 0.15) is 39.7 Å². The van der Waals surface area contributed by atoms with Crippen molar-refractivity contribution in [1.82, 2.24) is 0 Å². The van der Waals surface area contributed by atoms with E-state index in [1.807, 2.05) is 0 Å². The van der Waals surface area contributed by atoms with Crippen LogP contribution in [0.5, 0.6) is 5.75 Å². The Kier molecular flexibility index (Phi) is 7.63. The molecule has 8 nitrogen and oxygen atoms in total. The fourth-order valence-electron chi connectivity index (χ4n) is 3.29. The molecule has 0 bridgehead atoms. The van der Waals surface area contributed by atoms with E-state index in [1.165, 1.54) is 24.5 Å². The summed E-state index contributed by atoms with van der Waals surface area (Å²) in [5, 5.41) is 12.3. The number of anilines is 1. The first-order valence-electron chi connectivity index (χ1n) is 10.0. The third-order valence-electron chi connectivity index (χ3n) is 4.76. The lowest BCUT2D eigenvalue weighted by Gasteiger charge is -2.08. The van der Waals surface area contributed by atoms with Gasteiger partial charge in [0.15, 0.2) is 6.61 Å². The van der Waals surface area contributed by atoms with Gasteiger partial charge in [-0.25, -0.2) is 9.59 Å². The van der Waals surface area contributed by atoms with Gasteiger partial charge in [-0.3, -0.25) is 4.79 Å². The number of esters is 2. The number of carbonyl (C=O) groups is 3. The zero-order chi connectivity index (χ0) is 23.1. The lowest BCUT2D eigenvalue weighted by Crippen LogP contribution is -2.22. The highest BCUT2D eigenvalue weighted by atomic mass is 32.1. The summed E-state index contributed by atoms with van der Waals surface area (Å²) >= 11 is 1.33. The number of nitriles is 1. The van der Waals surface area contributed by atoms with Gasteiger partial charge in [-0.05, 0) is 55.5 Å². The number of methoxy groups -OCH3 is 1. The standard InChI is InChI=1S/C23H22N2O6S/c1-3-30-23(28)20-17-5-4-6-18(17)32-21(20)25-19(26)13-31-22(27)15(12-24)11-14-7-9-16(29-2)10-8-14/h7-11H,3-6,13H2,1-2H3,(H,25,26)/b15-11+. The second-order valence-corrected chi connectivity index (χ2v) is 7.95. The molecule has 1 amide bonds. The van der Waals surface area contributed by atoms with E-state index in [0.717, 1.165) is 29.7 Å². The molecule has 1 heterocycles. The van der Waals surface area contributed by atoms with Crippen molar-refractivity contribution in [2.24, 2.45) is 0 Å². The molecule has 0 saturated carbocycles. The summed E-state index contributed by atoms with van der Waals surface area (Å²) in [7, 11) is 1.54. The van der Waals surface area contributed by atoms with Gasteiger partial charge in [0.05, 0.1) is 19.3 Å². The highest BCUT2D eigenvalue weighted by Crippen LogP contribution is 2.39. The molecule has 2 aromatic rings. The molecule has 166 valence electrons. The van der Waals surface area contributed by atoms with E-state index in [1.54, 1.807) is 37.3 Å². The average molecular weight is 455 g/mol. The van der Waals surface area contributed by atoms with Crippen LogP contribution in [0.25, 0.3) is 6.08 Å². The predicted octanol–water partition coefficient (Wildman–Crippen LogP) is 3.51. The molecule has 0 radical (unpaired) electrons. The smallest absolute Gasteiger partial charge is 0.349 e. The van der Waals surface area contributed by atoms with Crippen LogP contribution < -0.4 is 10.1 Å². The van der Waals surface area contributed by atoms with Crippen LogP contribution in [0.3, 0.4) is 0 Å². The second-order valence-electron chi connectivity index (χ2n) is 6.85. The van der Waals surface area contributed by atoms with Gasteiger partial charge in [0.1, 0.15) is 22.4 Å². The largest absolute Gasteiger partial charge is 0.497 e. The van der Waals surface area contributed by atoms with E-state index in [9.17, 15) is 19.6 Å². The maximum Gasteiger partial charge on any atom is 0.349 e. The molecule has 1 N–H and O–H groups in total. The van der Waals surface area contributed by atoms with Crippen molar-refractivity contribution < 1.29 is 28.6 Å². The second kappa shape index (κ2) is 10.6. The van der Waals surface area contributed by atoms with Gasteiger partial charge in [0.25, 0.3) is 5.91 Å². The van der Waals surface area contributed by atoms with Crippen LogP contribution in [-0.4, -0.2) is 38.2 Å². The minimum atomic E-state index is -0.919. The van der Waals surface area contributed by atoms with Crippen LogP contribution >= 0.6 is 11.3 Å². The highest BCUT2D eigenvalue weighted by molar-refractivity contribution is 7.17. The number of hydrogen-bond donors (Lipinski definition) is 1. The number of carbonyl (C=O) groups excluding carboxylic acids is 3. The van der Waals surface area contributed by atoms with Crippen molar-refractivity contribution in [2.45, 2.75) is 26.2 Å². The fourth-order valence-corrected chi connectivity index (χ4v) is 4.58. The molecule has 0 unspecified atom stereocenters. The van der Waals surface area contributed by atoms with E-state index in [0.29, 0.717) is 21.9 Å². The number of nitrogens with one attached hydrogen (secondary N) is 1. The highest BCUT2D eigenvalue weighted by Gasteiger charge is 2.28. The van der Waals surface area contributed by atoms with Gasteiger partial charge in [0.2, 0.25) is 0 Å². The van der Waals surface area contributed by atoms with Crippen LogP contribution in [-0.2, 0) is 31.9 Å². The van der Waals surface area contributed by atoms with E-state index in [2.05, 4.69) is 5.32 Å². The molecule has 0 fully saturated rings. The summed E-state index contributed by atoms with van der Waals surface area (Å²) in [6.45, 7) is 1.35. The molecule has 0 aliphatic heterocycles. The van der Waals surface area contributed by atoms with Crippen LogP contribution in [0.2, 0.25) is 0 Å². The third kappa shape index (κ3) is 5.34. The number of amides is 1. The van der Waals surface area contributed by atoms with Crippen molar-refractivity contribution in [3.8, 4) is 11.8 Å². The topological polar surface area (TPSA) is 115 Å². The molecule has 9 heteroatoms. The Labute approximate surface area is 189 Å². The quantitative estimate of drug-likeness (QED) is 0.369. The molecule has 0 spiro atoms. The Bertz CT molecular complexity index is 1090. The summed E-state index contributed by atoms with van der Waals surface area (Å²) in [5.41, 5.74) is 1.65. The molecule has 0 saturated heterocycles. The number of nitrogens with zero attached hydrogens (tertiary/aromatic N) is 1. The Morgan fingerprint density at radius 3 is 2.59 bits per heavy atom. The van der Waals surface area contributed by atoms with Gasteiger partial charge in [-0.15, -0.1) is 11.3 Å². The maximum atomic E-state index is 12.4. The molecular formula is C23H22N2O6S. The van der Waals surface area contributed by atoms with Crippen LogP contribution in [0, 0.1) is 11.3 Å². The Hall–Kier alpha value is -3.64. The minimum absolute atomic E-state index is 0.228. The summed E-state index contributed by atoms with van der Waals surface area (Å²) in [6, 6.07) is 8.54. The first-order chi connectivity index (χ1) is 15.5. The van der Waals surface area contributed by atoms with Gasteiger partial charge in [0, 0.05) is 4.88 Å². The molecule has 0 atom stereocenters. The third-order valence-corrected chi connectivity index (χ3v) is 5.96. The monoisotopic (exact) mass is 454 g/mol. The fraction of sp³-hybridized carbons (Fsp3) is 0.304. The SMILES string of the molecule is CCOC(=O)c1c(NC(=O)COC(=O)/C(C#N)=C/c2ccc(OC)cc2)sc2c1CCC2. The van der Waals surface area contributed by atoms with E-state index in [4.69, 9.17) is 14.2 Å². The Balaban J connectivity index is 1.64. The zero-order valence-electron chi connectivity index (χ0n) is 17.7. The molecule has 1 aromatic carbocycles. The van der Waals surface area contributed by atoms with Crippen molar-refractivity contribution in [3.63, 3.8) is 0 Å². The number of hydrogen-bond acceptors (Lipinski definition) is 8. The van der Waals surface area contributed by atoms with Crippen molar-refractivity contribution >= 4 is 40.3 Å². The summed E-state index contributed by atoms with van der Waals surface area (Å²) in [5.74, 6) is -1.36. The van der Waals surface area contributed by atoms with Gasteiger partial charge >= 0.3 is 11.9 Å². The van der Waals surface area contributed by atoms with Gasteiger partial charge < -0.3 is 19.5 Å². The summed E-state index contributed by atoms with van der Waals surface area (Å²) in [6.07, 6.45) is 3.92. The number of benzene rings is 1. The van der Waals surface area contributed by atoms with E-state index >= 15 is 0 Å². The molecule has 32 heavy (non-hydrogen) atoms. The molecule has 1 aliphatic rings. The van der Waals surface area contributed by atoms with Crippen molar-refractivity contribution in [1.29, 1.82) is 5.26 Å². The first-order valence-corrected chi connectivity index (χ1v) is 10.8. The predicted molar refractivity (Wildman–Crippen MR) is 118 cm³/mol. The number of fused-ring (bicyclic) bond motifs is 1. The molecule has 1 aromatic heterocycles. The number of ether oxygens (including phenoxy) is 3.